The van der Waals surface area contributed by atoms with E-state index in [2.05, 4.69) is 24.5 Å². The lowest BCUT2D eigenvalue weighted by Crippen LogP contribution is -3.12. The Morgan fingerprint density at radius 3 is 2.27 bits per heavy atom. The van der Waals surface area contributed by atoms with Gasteiger partial charge in [0.05, 0.1) is 38.2 Å². The van der Waals surface area contributed by atoms with Crippen LogP contribution in [0, 0.1) is 0 Å². The Morgan fingerprint density at radius 2 is 1.67 bits per heavy atom. The van der Waals surface area contributed by atoms with Crippen molar-refractivity contribution in [2.75, 3.05) is 31.5 Å². The highest BCUT2D eigenvalue weighted by molar-refractivity contribution is 5.96. The van der Waals surface area contributed by atoms with Crippen molar-refractivity contribution in [1.29, 1.82) is 0 Å². The minimum Gasteiger partial charge on any atom is -0.346 e. The second kappa shape index (κ2) is 10.8. The third-order valence-electron chi connectivity index (χ3n) is 4.81. The van der Waals surface area contributed by atoms with Gasteiger partial charge in [0.25, 0.3) is 5.91 Å². The topological polar surface area (TPSA) is 62.6 Å². The zero-order valence-corrected chi connectivity index (χ0v) is 17.1. The van der Waals surface area contributed by atoms with E-state index in [1.807, 2.05) is 0 Å². The lowest BCUT2D eigenvalue weighted by atomic mass is 10.1. The van der Waals surface area contributed by atoms with Gasteiger partial charge >= 0.3 is 6.18 Å². The summed E-state index contributed by atoms with van der Waals surface area (Å²) < 4.78 is 38.3. The molecular formula is C22H27F3N3O2+. The molecule has 0 heterocycles. The van der Waals surface area contributed by atoms with E-state index in [0.29, 0.717) is 17.8 Å². The highest BCUT2D eigenvalue weighted by atomic mass is 19.4. The Morgan fingerprint density at radius 1 is 1.00 bits per heavy atom. The molecule has 2 amide bonds. The lowest BCUT2D eigenvalue weighted by molar-refractivity contribution is -0.895. The number of carbonyl (C=O) groups excluding carboxylic acids is 2. The van der Waals surface area contributed by atoms with Crippen LogP contribution in [0.4, 0.5) is 18.9 Å². The fourth-order valence-corrected chi connectivity index (χ4v) is 3.01. The second-order valence-corrected chi connectivity index (χ2v) is 6.96. The number of hydrogen-bond acceptors (Lipinski definition) is 2. The minimum absolute atomic E-state index is 0.181. The van der Waals surface area contributed by atoms with Crippen molar-refractivity contribution in [2.45, 2.75) is 26.4 Å². The number of benzene rings is 2. The quantitative estimate of drug-likeness (QED) is 0.582. The van der Waals surface area contributed by atoms with Crippen molar-refractivity contribution in [2.24, 2.45) is 0 Å². The highest BCUT2D eigenvalue weighted by Crippen LogP contribution is 2.29. The van der Waals surface area contributed by atoms with Crippen molar-refractivity contribution in [3.05, 3.63) is 65.2 Å². The van der Waals surface area contributed by atoms with Gasteiger partial charge in [0.15, 0.2) is 0 Å². The summed E-state index contributed by atoms with van der Waals surface area (Å²) in [5.74, 6) is -0.628. The molecule has 0 aliphatic heterocycles. The molecule has 0 aliphatic rings. The summed E-state index contributed by atoms with van der Waals surface area (Å²) in [4.78, 5) is 25.7. The average Bonchev–Trinajstić information content (AvgIpc) is 2.71. The maximum atomic E-state index is 12.8. The molecule has 0 aliphatic carbocycles. The normalized spacial score (nSPS) is 11.4. The number of amides is 2. The predicted octanol–water partition coefficient (Wildman–Crippen LogP) is 2.54. The molecule has 0 aromatic heterocycles. The van der Waals surface area contributed by atoms with Gasteiger partial charge in [0.2, 0.25) is 5.91 Å². The van der Waals surface area contributed by atoms with Crippen LogP contribution in [0.25, 0.3) is 0 Å². The molecule has 162 valence electrons. The molecule has 8 heteroatoms. The molecule has 5 nitrogen and oxygen atoms in total. The number of rotatable bonds is 9. The zero-order chi connectivity index (χ0) is 22.1. The van der Waals surface area contributed by atoms with Crippen LogP contribution in [-0.2, 0) is 17.4 Å². The van der Waals surface area contributed by atoms with Crippen LogP contribution in [0.1, 0.15) is 35.3 Å². The Labute approximate surface area is 174 Å². The molecule has 0 saturated heterocycles. The predicted molar refractivity (Wildman–Crippen MR) is 109 cm³/mol. The third kappa shape index (κ3) is 7.18. The van der Waals surface area contributed by atoms with Crippen LogP contribution in [0.5, 0.6) is 0 Å². The SMILES string of the molecule is CC[NH+](CC)CCNC(=O)c1ccc(NC(=O)Cc2cccc(C(F)(F)F)c2)cc1. The lowest BCUT2D eigenvalue weighted by Gasteiger charge is -2.15. The molecule has 30 heavy (non-hydrogen) atoms. The third-order valence-corrected chi connectivity index (χ3v) is 4.81. The van der Waals surface area contributed by atoms with Crippen molar-refractivity contribution < 1.29 is 27.7 Å². The van der Waals surface area contributed by atoms with Crippen LogP contribution in [-0.4, -0.2) is 38.0 Å². The van der Waals surface area contributed by atoms with Crippen LogP contribution in [0.2, 0.25) is 0 Å². The van der Waals surface area contributed by atoms with Crippen molar-refractivity contribution >= 4 is 17.5 Å². The number of likely N-dealkylation sites (N-methyl/N-ethyl adjacent to an activating group) is 1. The Hall–Kier alpha value is -2.87. The van der Waals surface area contributed by atoms with Crippen molar-refractivity contribution in [3.8, 4) is 0 Å². The summed E-state index contributed by atoms with van der Waals surface area (Å²) in [6.45, 7) is 7.62. The van der Waals surface area contributed by atoms with Crippen LogP contribution >= 0.6 is 0 Å². The maximum absolute atomic E-state index is 12.8. The maximum Gasteiger partial charge on any atom is 0.416 e. The average molecular weight is 422 g/mol. The van der Waals surface area contributed by atoms with Gasteiger partial charge in [0, 0.05) is 11.3 Å². The number of carbonyl (C=O) groups is 2. The summed E-state index contributed by atoms with van der Waals surface area (Å²) in [7, 11) is 0. The number of hydrogen-bond donors (Lipinski definition) is 3. The van der Waals surface area contributed by atoms with Crippen molar-refractivity contribution in [1.82, 2.24) is 5.32 Å². The van der Waals surface area contributed by atoms with E-state index in [-0.39, 0.29) is 17.9 Å². The summed E-state index contributed by atoms with van der Waals surface area (Å²) >= 11 is 0. The van der Waals surface area contributed by atoms with Gasteiger partial charge in [-0.15, -0.1) is 0 Å². The highest BCUT2D eigenvalue weighted by Gasteiger charge is 2.30. The van der Waals surface area contributed by atoms with Gasteiger partial charge in [-0.05, 0) is 49.7 Å². The van der Waals surface area contributed by atoms with Gasteiger partial charge in [-0.2, -0.15) is 13.2 Å². The number of quaternary nitrogens is 1. The summed E-state index contributed by atoms with van der Waals surface area (Å²) in [5, 5.41) is 5.50. The number of anilines is 1. The largest absolute Gasteiger partial charge is 0.416 e. The number of alkyl halides is 3. The van der Waals surface area contributed by atoms with Gasteiger partial charge < -0.3 is 15.5 Å². The molecule has 0 radical (unpaired) electrons. The number of nitrogens with one attached hydrogen (secondary N) is 3. The molecule has 2 aromatic rings. The monoisotopic (exact) mass is 422 g/mol. The van der Waals surface area contributed by atoms with Crippen LogP contribution < -0.4 is 15.5 Å². The molecule has 0 fully saturated rings. The first kappa shape index (κ1) is 23.4. The summed E-state index contributed by atoms with van der Waals surface area (Å²) in [6, 6.07) is 11.1. The van der Waals surface area contributed by atoms with Gasteiger partial charge in [-0.1, -0.05) is 18.2 Å². The molecule has 2 rings (SSSR count). The fourth-order valence-electron chi connectivity index (χ4n) is 3.01. The van der Waals surface area contributed by atoms with E-state index in [4.69, 9.17) is 0 Å². The Balaban J connectivity index is 1.88. The smallest absolute Gasteiger partial charge is 0.346 e. The molecule has 3 N–H and O–H groups in total. The van der Waals surface area contributed by atoms with Crippen molar-refractivity contribution in [3.63, 3.8) is 0 Å². The Kier molecular flexibility index (Phi) is 8.41. The zero-order valence-electron chi connectivity index (χ0n) is 17.1. The molecule has 0 saturated carbocycles. The van der Waals surface area contributed by atoms with E-state index in [9.17, 15) is 22.8 Å². The molecule has 2 aromatic carbocycles. The molecule has 0 bridgehead atoms. The fraction of sp³-hybridized carbons (Fsp3) is 0.364. The number of halogens is 3. The summed E-state index contributed by atoms with van der Waals surface area (Å²) in [6.07, 6.45) is -4.63. The van der Waals surface area contributed by atoms with Crippen LogP contribution in [0.3, 0.4) is 0 Å². The van der Waals surface area contributed by atoms with E-state index in [1.165, 1.54) is 17.0 Å². The minimum atomic E-state index is -4.45. The van der Waals surface area contributed by atoms with E-state index in [1.54, 1.807) is 24.3 Å². The standard InChI is InChI=1S/C22H26F3N3O2/c1-3-28(4-2)13-12-26-21(30)17-8-10-19(11-9-17)27-20(29)15-16-6-5-7-18(14-16)22(23,24)25/h5-11,14H,3-4,12-13,15H2,1-2H3,(H,26,30)(H,27,29)/p+1. The van der Waals surface area contributed by atoms with E-state index in [0.717, 1.165) is 31.8 Å². The second-order valence-electron chi connectivity index (χ2n) is 6.96. The van der Waals surface area contributed by atoms with Crippen LogP contribution in [0.15, 0.2) is 48.5 Å². The first-order valence-corrected chi connectivity index (χ1v) is 9.90. The van der Waals surface area contributed by atoms with Gasteiger partial charge in [0.1, 0.15) is 0 Å². The summed E-state index contributed by atoms with van der Waals surface area (Å²) in [5.41, 5.74) is 0.427. The molecule has 0 unspecified atom stereocenters. The molecule has 0 spiro atoms. The first-order chi connectivity index (χ1) is 14.2. The molecule has 0 atom stereocenters. The van der Waals surface area contributed by atoms with Gasteiger partial charge in [-0.3, -0.25) is 9.59 Å². The Bertz CT molecular complexity index is 847. The van der Waals surface area contributed by atoms with E-state index < -0.39 is 17.6 Å². The molecular weight excluding hydrogens is 395 g/mol. The van der Waals surface area contributed by atoms with E-state index >= 15 is 0 Å². The van der Waals surface area contributed by atoms with Gasteiger partial charge in [-0.25, -0.2) is 0 Å². The first-order valence-electron chi connectivity index (χ1n) is 9.90.